The van der Waals surface area contributed by atoms with Crippen LogP contribution in [0.3, 0.4) is 0 Å². The molecule has 4 rings (SSSR count). The average molecular weight is 298 g/mol. The Morgan fingerprint density at radius 3 is 2.59 bits per heavy atom. The summed E-state index contributed by atoms with van der Waals surface area (Å²) in [5.41, 5.74) is 2.43. The van der Waals surface area contributed by atoms with Crippen molar-refractivity contribution < 1.29 is 4.39 Å². The third-order valence-electron chi connectivity index (χ3n) is 4.10. The normalized spacial score (nSPS) is 17.4. The molecule has 0 atom stereocenters. The highest BCUT2D eigenvalue weighted by Gasteiger charge is 2.27. The molecule has 2 aliphatic carbocycles. The molecule has 0 unspecified atom stereocenters. The minimum atomic E-state index is -0.210. The molecule has 0 amide bonds. The van der Waals surface area contributed by atoms with Crippen molar-refractivity contribution in [3.05, 3.63) is 41.3 Å². The maximum atomic E-state index is 13.7. The first-order chi connectivity index (χ1) is 10.7. The molecule has 2 fully saturated rings. The van der Waals surface area contributed by atoms with Gasteiger partial charge in [0.05, 0.1) is 5.69 Å². The summed E-state index contributed by atoms with van der Waals surface area (Å²) in [6.07, 6.45) is 4.75. The second-order valence-electron chi connectivity index (χ2n) is 6.28. The number of nitrogens with zero attached hydrogens (tertiary/aromatic N) is 2. The van der Waals surface area contributed by atoms with E-state index in [9.17, 15) is 4.39 Å². The van der Waals surface area contributed by atoms with Gasteiger partial charge in [0.25, 0.3) is 0 Å². The largest absolute Gasteiger partial charge is 0.351 e. The maximum absolute atomic E-state index is 13.7. The smallest absolute Gasteiger partial charge is 0.225 e. The molecule has 2 N–H and O–H groups in total. The molecule has 0 spiro atoms. The first kappa shape index (κ1) is 13.5. The van der Waals surface area contributed by atoms with E-state index in [0.717, 1.165) is 11.5 Å². The first-order valence-electron chi connectivity index (χ1n) is 7.86. The summed E-state index contributed by atoms with van der Waals surface area (Å²) in [4.78, 5) is 9.13. The van der Waals surface area contributed by atoms with Gasteiger partial charge in [-0.15, -0.1) is 0 Å². The molecule has 0 saturated heterocycles. The van der Waals surface area contributed by atoms with Gasteiger partial charge in [0, 0.05) is 23.7 Å². The highest BCUT2D eigenvalue weighted by Crippen LogP contribution is 2.40. The number of aryl methyl sites for hydroxylation is 1. The van der Waals surface area contributed by atoms with Crippen LogP contribution in [0.4, 0.5) is 21.8 Å². The van der Waals surface area contributed by atoms with Crippen molar-refractivity contribution >= 4 is 17.5 Å². The van der Waals surface area contributed by atoms with Crippen molar-refractivity contribution in [2.45, 2.75) is 44.6 Å². The number of aromatic nitrogens is 2. The molecule has 5 heteroatoms. The zero-order valence-electron chi connectivity index (χ0n) is 12.6. The van der Waals surface area contributed by atoms with Crippen molar-refractivity contribution in [3.8, 4) is 0 Å². The number of hydrogen-bond acceptors (Lipinski definition) is 4. The number of rotatable bonds is 5. The molecule has 1 aromatic heterocycles. The van der Waals surface area contributed by atoms with E-state index in [0.29, 0.717) is 29.2 Å². The summed E-state index contributed by atoms with van der Waals surface area (Å²) in [6.45, 7) is 1.76. The minimum absolute atomic E-state index is 0.210. The van der Waals surface area contributed by atoms with Crippen LogP contribution >= 0.6 is 0 Å². The standard InChI is InChI=1S/C17H19FN4/c1-10-2-5-13(8-14(10)18)19-16-9-15(11-3-4-11)21-17(22-16)20-12-6-7-12/h2,5,8-9,11-12H,3-4,6-7H2,1H3,(H2,19,20,21,22). The predicted molar refractivity (Wildman–Crippen MR) is 85.1 cm³/mol. The molecule has 22 heavy (non-hydrogen) atoms. The Hall–Kier alpha value is -2.17. The van der Waals surface area contributed by atoms with Gasteiger partial charge in [-0.25, -0.2) is 9.37 Å². The average Bonchev–Trinajstić information content (AvgIpc) is 3.35. The summed E-state index contributed by atoms with van der Waals surface area (Å²) in [5.74, 6) is 1.75. The van der Waals surface area contributed by atoms with Crippen LogP contribution in [0.15, 0.2) is 24.3 Å². The van der Waals surface area contributed by atoms with Gasteiger partial charge in [-0.3, -0.25) is 0 Å². The Labute approximate surface area is 129 Å². The van der Waals surface area contributed by atoms with Crippen LogP contribution < -0.4 is 10.6 Å². The summed E-state index contributed by atoms with van der Waals surface area (Å²) in [5, 5.41) is 6.55. The van der Waals surface area contributed by atoms with Crippen LogP contribution in [0, 0.1) is 12.7 Å². The third-order valence-corrected chi connectivity index (χ3v) is 4.10. The van der Waals surface area contributed by atoms with E-state index in [-0.39, 0.29) is 5.82 Å². The fraction of sp³-hybridized carbons (Fsp3) is 0.412. The van der Waals surface area contributed by atoms with E-state index in [2.05, 4.69) is 20.6 Å². The summed E-state index contributed by atoms with van der Waals surface area (Å²) >= 11 is 0. The fourth-order valence-corrected chi connectivity index (χ4v) is 2.41. The van der Waals surface area contributed by atoms with E-state index < -0.39 is 0 Å². The zero-order chi connectivity index (χ0) is 15.1. The highest BCUT2D eigenvalue weighted by molar-refractivity contribution is 5.58. The minimum Gasteiger partial charge on any atom is -0.351 e. The first-order valence-corrected chi connectivity index (χ1v) is 7.86. The van der Waals surface area contributed by atoms with Crippen molar-refractivity contribution in [1.82, 2.24) is 9.97 Å². The molecule has 114 valence electrons. The van der Waals surface area contributed by atoms with Gasteiger partial charge in [-0.1, -0.05) is 6.07 Å². The number of hydrogen-bond donors (Lipinski definition) is 2. The molecule has 2 aliphatic rings. The van der Waals surface area contributed by atoms with Crippen LogP contribution in [0.25, 0.3) is 0 Å². The fourth-order valence-electron chi connectivity index (χ4n) is 2.41. The van der Waals surface area contributed by atoms with Gasteiger partial charge in [0.2, 0.25) is 5.95 Å². The van der Waals surface area contributed by atoms with Gasteiger partial charge in [0.15, 0.2) is 0 Å². The van der Waals surface area contributed by atoms with E-state index in [1.165, 1.54) is 31.7 Å². The van der Waals surface area contributed by atoms with Crippen LogP contribution in [0.2, 0.25) is 0 Å². The SMILES string of the molecule is Cc1ccc(Nc2cc(C3CC3)nc(NC3CC3)n2)cc1F. The summed E-state index contributed by atoms with van der Waals surface area (Å²) in [6, 6.07) is 7.63. The Bertz CT molecular complexity index is 708. The topological polar surface area (TPSA) is 49.8 Å². The summed E-state index contributed by atoms with van der Waals surface area (Å²) in [7, 11) is 0. The number of benzene rings is 1. The second kappa shape index (κ2) is 5.23. The lowest BCUT2D eigenvalue weighted by molar-refractivity contribution is 0.619. The molecular formula is C17H19FN4. The van der Waals surface area contributed by atoms with Gasteiger partial charge in [0.1, 0.15) is 11.6 Å². The lowest BCUT2D eigenvalue weighted by atomic mass is 10.2. The van der Waals surface area contributed by atoms with Gasteiger partial charge >= 0.3 is 0 Å². The van der Waals surface area contributed by atoms with Crippen LogP contribution in [-0.4, -0.2) is 16.0 Å². The molecule has 2 saturated carbocycles. The molecule has 0 bridgehead atoms. The predicted octanol–water partition coefficient (Wildman–Crippen LogP) is 4.12. The number of halogens is 1. The second-order valence-corrected chi connectivity index (χ2v) is 6.28. The van der Waals surface area contributed by atoms with Crippen molar-refractivity contribution in [1.29, 1.82) is 0 Å². The van der Waals surface area contributed by atoms with Gasteiger partial charge in [-0.2, -0.15) is 4.98 Å². The highest BCUT2D eigenvalue weighted by atomic mass is 19.1. The van der Waals surface area contributed by atoms with E-state index in [1.54, 1.807) is 13.0 Å². The van der Waals surface area contributed by atoms with E-state index >= 15 is 0 Å². The molecule has 1 heterocycles. The van der Waals surface area contributed by atoms with Crippen molar-refractivity contribution in [2.24, 2.45) is 0 Å². The number of anilines is 3. The van der Waals surface area contributed by atoms with Crippen LogP contribution in [-0.2, 0) is 0 Å². The van der Waals surface area contributed by atoms with Crippen molar-refractivity contribution in [2.75, 3.05) is 10.6 Å². The zero-order valence-corrected chi connectivity index (χ0v) is 12.6. The van der Waals surface area contributed by atoms with Crippen LogP contribution in [0.1, 0.15) is 42.9 Å². The monoisotopic (exact) mass is 298 g/mol. The third kappa shape index (κ3) is 3.03. The molecule has 2 aromatic rings. The van der Waals surface area contributed by atoms with Crippen molar-refractivity contribution in [3.63, 3.8) is 0 Å². The lowest BCUT2D eigenvalue weighted by Gasteiger charge is -2.11. The Kier molecular flexibility index (Phi) is 3.21. The van der Waals surface area contributed by atoms with Gasteiger partial charge in [-0.05, 0) is 50.3 Å². The maximum Gasteiger partial charge on any atom is 0.225 e. The Morgan fingerprint density at radius 2 is 1.91 bits per heavy atom. The number of nitrogens with one attached hydrogen (secondary N) is 2. The van der Waals surface area contributed by atoms with Gasteiger partial charge < -0.3 is 10.6 Å². The Balaban J connectivity index is 1.61. The van der Waals surface area contributed by atoms with Crippen LogP contribution in [0.5, 0.6) is 0 Å². The quantitative estimate of drug-likeness (QED) is 0.872. The summed E-state index contributed by atoms with van der Waals surface area (Å²) < 4.78 is 13.7. The van der Waals surface area contributed by atoms with E-state index in [4.69, 9.17) is 0 Å². The molecule has 0 aliphatic heterocycles. The Morgan fingerprint density at radius 1 is 1.09 bits per heavy atom. The molecule has 0 radical (unpaired) electrons. The molecule has 1 aromatic carbocycles. The lowest BCUT2D eigenvalue weighted by Crippen LogP contribution is -2.08. The molecular weight excluding hydrogens is 279 g/mol. The van der Waals surface area contributed by atoms with E-state index in [1.807, 2.05) is 12.1 Å². The molecule has 4 nitrogen and oxygen atoms in total.